The molecule has 4 rings (SSSR count). The highest BCUT2D eigenvalue weighted by Gasteiger charge is 2.33. The van der Waals surface area contributed by atoms with E-state index in [1.54, 1.807) is 0 Å². The maximum atomic E-state index is 11.8. The minimum absolute atomic E-state index is 0.0799. The van der Waals surface area contributed by atoms with Gasteiger partial charge in [0.1, 0.15) is 18.6 Å². The van der Waals surface area contributed by atoms with E-state index in [-0.39, 0.29) is 16.7 Å². The van der Waals surface area contributed by atoms with Gasteiger partial charge in [0, 0.05) is 33.1 Å². The van der Waals surface area contributed by atoms with Gasteiger partial charge in [0.15, 0.2) is 0 Å². The average Bonchev–Trinajstić information content (AvgIpc) is 3.07. The number of benzene rings is 2. The number of thiazole rings is 1. The molecule has 27 heavy (non-hydrogen) atoms. The van der Waals surface area contributed by atoms with Crippen LogP contribution in [0.25, 0.3) is 0 Å². The number of H-pyrrole nitrogens is 1. The summed E-state index contributed by atoms with van der Waals surface area (Å²) in [6.07, 6.45) is 0.993. The van der Waals surface area contributed by atoms with Gasteiger partial charge in [-0.2, -0.15) is 0 Å². The van der Waals surface area contributed by atoms with E-state index in [0.29, 0.717) is 17.4 Å². The molecule has 0 amide bonds. The lowest BCUT2D eigenvalue weighted by Crippen LogP contribution is -2.21. The summed E-state index contributed by atoms with van der Waals surface area (Å²) < 4.78 is 5.83. The fourth-order valence-electron chi connectivity index (χ4n) is 3.17. The van der Waals surface area contributed by atoms with Crippen molar-refractivity contribution in [1.82, 2.24) is 4.98 Å². The SMILES string of the molecule is O=CC1CSc2[nH]c(=O)sc2C1c1ccc(OCc2ccccc2Cl)cc1. The Kier molecular flexibility index (Phi) is 5.38. The Morgan fingerprint density at radius 1 is 1.19 bits per heavy atom. The molecule has 2 heterocycles. The second kappa shape index (κ2) is 7.92. The molecule has 0 bridgehead atoms. The smallest absolute Gasteiger partial charge is 0.305 e. The van der Waals surface area contributed by atoms with Gasteiger partial charge in [-0.05, 0) is 23.8 Å². The Balaban J connectivity index is 1.55. The monoisotopic (exact) mass is 417 g/mol. The number of fused-ring (bicyclic) bond motifs is 1. The van der Waals surface area contributed by atoms with Crippen molar-refractivity contribution in [2.75, 3.05) is 5.75 Å². The molecule has 1 aromatic heterocycles. The first-order valence-electron chi connectivity index (χ1n) is 8.43. The van der Waals surface area contributed by atoms with E-state index in [0.717, 1.165) is 33.1 Å². The van der Waals surface area contributed by atoms with Crippen LogP contribution in [0.15, 0.2) is 58.4 Å². The van der Waals surface area contributed by atoms with Gasteiger partial charge in [0.2, 0.25) is 0 Å². The Morgan fingerprint density at radius 3 is 2.70 bits per heavy atom. The van der Waals surface area contributed by atoms with Crippen LogP contribution < -0.4 is 9.61 Å². The van der Waals surface area contributed by atoms with Crippen LogP contribution in [-0.4, -0.2) is 17.0 Å². The Hall–Kier alpha value is -2.02. The number of hydrogen-bond donors (Lipinski definition) is 1. The lowest BCUT2D eigenvalue weighted by atomic mass is 9.86. The predicted octanol–water partition coefficient (Wildman–Crippen LogP) is 4.72. The van der Waals surface area contributed by atoms with Crippen molar-refractivity contribution in [3.05, 3.63) is 79.2 Å². The number of aromatic nitrogens is 1. The number of carbonyl (C=O) groups excluding carboxylic acids is 1. The molecule has 2 atom stereocenters. The summed E-state index contributed by atoms with van der Waals surface area (Å²) in [7, 11) is 0. The van der Waals surface area contributed by atoms with Gasteiger partial charge < -0.3 is 14.5 Å². The number of rotatable bonds is 5. The highest BCUT2D eigenvalue weighted by atomic mass is 35.5. The number of hydrogen-bond acceptors (Lipinski definition) is 5. The van der Waals surface area contributed by atoms with Crippen molar-refractivity contribution in [3.8, 4) is 5.75 Å². The number of halogens is 1. The van der Waals surface area contributed by atoms with Crippen molar-refractivity contribution in [1.29, 1.82) is 0 Å². The molecule has 4 nitrogen and oxygen atoms in total. The van der Waals surface area contributed by atoms with Gasteiger partial charge in [-0.1, -0.05) is 53.3 Å². The van der Waals surface area contributed by atoms with Gasteiger partial charge in [-0.3, -0.25) is 4.79 Å². The third kappa shape index (κ3) is 3.83. The maximum Gasteiger partial charge on any atom is 0.305 e. The molecule has 0 saturated carbocycles. The van der Waals surface area contributed by atoms with Crippen LogP contribution in [-0.2, 0) is 11.4 Å². The molecule has 0 aliphatic carbocycles. The number of aromatic amines is 1. The van der Waals surface area contributed by atoms with Crippen molar-refractivity contribution in [2.45, 2.75) is 17.6 Å². The van der Waals surface area contributed by atoms with Gasteiger partial charge in [-0.25, -0.2) is 0 Å². The number of nitrogens with one attached hydrogen (secondary N) is 1. The Bertz CT molecular complexity index is 1010. The van der Waals surface area contributed by atoms with Gasteiger partial charge in [0.25, 0.3) is 0 Å². The number of aldehydes is 1. The number of ether oxygens (including phenoxy) is 1. The molecule has 138 valence electrons. The van der Waals surface area contributed by atoms with E-state index in [9.17, 15) is 9.59 Å². The molecule has 2 aromatic carbocycles. The Morgan fingerprint density at radius 2 is 1.96 bits per heavy atom. The first-order valence-corrected chi connectivity index (χ1v) is 10.6. The summed E-state index contributed by atoms with van der Waals surface area (Å²) in [4.78, 5) is 27.1. The molecule has 0 radical (unpaired) electrons. The largest absolute Gasteiger partial charge is 0.489 e. The molecular formula is C20H16ClNO3S2. The van der Waals surface area contributed by atoms with Crippen LogP contribution in [0.1, 0.15) is 21.9 Å². The molecule has 1 aliphatic heterocycles. The third-order valence-electron chi connectivity index (χ3n) is 4.54. The van der Waals surface area contributed by atoms with Gasteiger partial charge in [0.05, 0.1) is 5.03 Å². The highest BCUT2D eigenvalue weighted by Crippen LogP contribution is 2.44. The molecule has 1 N–H and O–H groups in total. The zero-order valence-electron chi connectivity index (χ0n) is 14.2. The summed E-state index contributed by atoms with van der Waals surface area (Å²) in [6.45, 7) is 0.389. The lowest BCUT2D eigenvalue weighted by Gasteiger charge is -2.27. The molecule has 3 aromatic rings. The number of carbonyl (C=O) groups is 1. The van der Waals surface area contributed by atoms with Crippen LogP contribution >= 0.6 is 34.7 Å². The van der Waals surface area contributed by atoms with E-state index in [1.165, 1.54) is 23.1 Å². The molecule has 2 unspecified atom stereocenters. The second-order valence-corrected chi connectivity index (χ2v) is 8.70. The van der Waals surface area contributed by atoms with E-state index in [1.807, 2.05) is 48.5 Å². The van der Waals surface area contributed by atoms with E-state index >= 15 is 0 Å². The van der Waals surface area contributed by atoms with Crippen LogP contribution in [0.5, 0.6) is 5.75 Å². The Labute approximate surface area is 169 Å². The lowest BCUT2D eigenvalue weighted by molar-refractivity contribution is -0.110. The molecule has 0 spiro atoms. The first kappa shape index (κ1) is 18.3. The normalized spacial score (nSPS) is 18.7. The maximum absolute atomic E-state index is 11.8. The first-order chi connectivity index (χ1) is 13.2. The fraction of sp³-hybridized carbons (Fsp3) is 0.200. The van der Waals surface area contributed by atoms with Crippen LogP contribution in [0, 0.1) is 5.92 Å². The number of thioether (sulfide) groups is 1. The van der Waals surface area contributed by atoms with Crippen LogP contribution in [0.2, 0.25) is 5.02 Å². The van der Waals surface area contributed by atoms with Gasteiger partial charge >= 0.3 is 4.87 Å². The summed E-state index contributed by atoms with van der Waals surface area (Å²) in [5.41, 5.74) is 1.93. The quantitative estimate of drug-likeness (QED) is 0.610. The third-order valence-corrected chi connectivity index (χ3v) is 7.16. The highest BCUT2D eigenvalue weighted by molar-refractivity contribution is 7.99. The summed E-state index contributed by atoms with van der Waals surface area (Å²) in [5, 5.41) is 1.56. The summed E-state index contributed by atoms with van der Waals surface area (Å²) in [5.74, 6) is 1.15. The van der Waals surface area contributed by atoms with Crippen molar-refractivity contribution in [2.24, 2.45) is 5.92 Å². The van der Waals surface area contributed by atoms with Crippen molar-refractivity contribution in [3.63, 3.8) is 0 Å². The average molecular weight is 418 g/mol. The minimum atomic E-state index is -0.149. The molecule has 0 fully saturated rings. The van der Waals surface area contributed by atoms with Crippen molar-refractivity contribution < 1.29 is 9.53 Å². The molecule has 0 saturated heterocycles. The van der Waals surface area contributed by atoms with Crippen LogP contribution in [0.3, 0.4) is 0 Å². The van der Waals surface area contributed by atoms with E-state index in [4.69, 9.17) is 16.3 Å². The zero-order chi connectivity index (χ0) is 18.8. The second-order valence-electron chi connectivity index (χ2n) is 6.25. The van der Waals surface area contributed by atoms with E-state index < -0.39 is 0 Å². The van der Waals surface area contributed by atoms with Gasteiger partial charge in [-0.15, -0.1) is 11.8 Å². The molecule has 1 aliphatic rings. The topological polar surface area (TPSA) is 59.2 Å². The molecule has 7 heteroatoms. The van der Waals surface area contributed by atoms with E-state index in [2.05, 4.69) is 4.98 Å². The van der Waals surface area contributed by atoms with Crippen molar-refractivity contribution >= 4 is 41.0 Å². The fourth-order valence-corrected chi connectivity index (χ4v) is 5.73. The summed E-state index contributed by atoms with van der Waals surface area (Å²) in [6, 6.07) is 15.3. The minimum Gasteiger partial charge on any atom is -0.489 e. The molecular weight excluding hydrogens is 402 g/mol. The standard InChI is InChI=1S/C20H16ClNO3S2/c21-16-4-2-1-3-13(16)10-25-15-7-5-12(6-8-15)17-14(9-23)11-26-19-18(17)27-20(24)22-19/h1-9,14,17H,10-11H2,(H,22,24). The summed E-state index contributed by atoms with van der Waals surface area (Å²) >= 11 is 8.88. The zero-order valence-corrected chi connectivity index (χ0v) is 16.6. The van der Waals surface area contributed by atoms with Crippen LogP contribution in [0.4, 0.5) is 0 Å². The predicted molar refractivity (Wildman–Crippen MR) is 109 cm³/mol.